The highest BCUT2D eigenvalue weighted by Gasteiger charge is 2.37. The molecule has 3 atom stereocenters. The third-order valence-electron chi connectivity index (χ3n) is 5.66. The molecule has 0 unspecified atom stereocenters. The van der Waals surface area contributed by atoms with Crippen molar-refractivity contribution in [3.05, 3.63) is 71.0 Å². The van der Waals surface area contributed by atoms with Gasteiger partial charge < -0.3 is 19.2 Å². The van der Waals surface area contributed by atoms with Gasteiger partial charge in [0, 0.05) is 6.54 Å². The van der Waals surface area contributed by atoms with Crippen molar-refractivity contribution in [1.82, 2.24) is 4.90 Å². The van der Waals surface area contributed by atoms with Gasteiger partial charge in [0.2, 0.25) is 0 Å². The van der Waals surface area contributed by atoms with Crippen molar-refractivity contribution in [2.24, 2.45) is 0 Å². The Morgan fingerprint density at radius 3 is 2.69 bits per heavy atom. The van der Waals surface area contributed by atoms with Crippen molar-refractivity contribution >= 4 is 12.2 Å². The number of carbonyl (C=O) groups excluding carboxylic acids is 2. The molecule has 5 nitrogen and oxygen atoms in total. The molecule has 1 fully saturated rings. The first-order chi connectivity index (χ1) is 14.2. The third-order valence-corrected chi connectivity index (χ3v) is 5.66. The summed E-state index contributed by atoms with van der Waals surface area (Å²) < 4.78 is 24.7. The van der Waals surface area contributed by atoms with Gasteiger partial charge in [-0.3, -0.25) is 4.79 Å². The zero-order valence-corrected chi connectivity index (χ0v) is 16.1. The van der Waals surface area contributed by atoms with Gasteiger partial charge in [0.15, 0.2) is 0 Å². The Morgan fingerprint density at radius 2 is 1.97 bits per heavy atom. The van der Waals surface area contributed by atoms with Crippen LogP contribution < -0.4 is 0 Å². The average Bonchev–Trinajstić information content (AvgIpc) is 2.77. The van der Waals surface area contributed by atoms with Crippen LogP contribution in [0.4, 0.5) is 4.39 Å². The first kappa shape index (κ1) is 19.7. The Morgan fingerprint density at radius 1 is 1.17 bits per heavy atom. The number of hydrogen-bond acceptors (Lipinski definition) is 4. The molecule has 0 N–H and O–H groups in total. The molecule has 0 radical (unpaired) electrons. The highest BCUT2D eigenvalue weighted by molar-refractivity contribution is 5.82. The summed E-state index contributed by atoms with van der Waals surface area (Å²) in [7, 11) is 0. The normalized spacial score (nSPS) is 24.0. The van der Waals surface area contributed by atoms with Gasteiger partial charge in [-0.1, -0.05) is 36.4 Å². The summed E-state index contributed by atoms with van der Waals surface area (Å²) in [6, 6.07) is 14.2. The van der Waals surface area contributed by atoms with Crippen molar-refractivity contribution in [2.75, 3.05) is 19.8 Å². The van der Waals surface area contributed by atoms with Crippen LogP contribution in [-0.4, -0.2) is 49.1 Å². The lowest BCUT2D eigenvalue weighted by atomic mass is 9.87. The molecule has 2 aliphatic rings. The van der Waals surface area contributed by atoms with E-state index in [4.69, 9.17) is 9.47 Å². The lowest BCUT2D eigenvalue weighted by Gasteiger charge is -2.40. The fourth-order valence-electron chi connectivity index (χ4n) is 4.22. The Labute approximate surface area is 169 Å². The van der Waals surface area contributed by atoms with E-state index in [2.05, 4.69) is 6.07 Å². The predicted molar refractivity (Wildman–Crippen MR) is 105 cm³/mol. The molecule has 2 heterocycles. The number of hydrogen-bond donors (Lipinski definition) is 0. The highest BCUT2D eigenvalue weighted by atomic mass is 19.1. The van der Waals surface area contributed by atoms with Crippen molar-refractivity contribution < 1.29 is 23.5 Å². The number of ether oxygens (including phenoxy) is 2. The summed E-state index contributed by atoms with van der Waals surface area (Å²) in [5, 5.41) is 0. The van der Waals surface area contributed by atoms with E-state index >= 15 is 0 Å². The quantitative estimate of drug-likeness (QED) is 0.728. The van der Waals surface area contributed by atoms with E-state index in [1.54, 1.807) is 12.1 Å². The molecule has 0 spiro atoms. The van der Waals surface area contributed by atoms with Crippen LogP contribution in [-0.2, 0) is 25.5 Å². The first-order valence-corrected chi connectivity index (χ1v) is 9.98. The third kappa shape index (κ3) is 4.23. The summed E-state index contributed by atoms with van der Waals surface area (Å²) >= 11 is 0. The zero-order chi connectivity index (χ0) is 20.2. The fraction of sp³-hybridized carbons (Fsp3) is 0.391. The van der Waals surface area contributed by atoms with E-state index in [1.165, 1.54) is 17.7 Å². The zero-order valence-electron chi connectivity index (χ0n) is 16.1. The molecule has 2 aliphatic heterocycles. The van der Waals surface area contributed by atoms with Gasteiger partial charge in [-0.25, -0.2) is 4.39 Å². The molecule has 0 aromatic heterocycles. The summed E-state index contributed by atoms with van der Waals surface area (Å²) in [5.41, 5.74) is 3.16. The molecule has 2 aromatic rings. The van der Waals surface area contributed by atoms with Crippen molar-refractivity contribution in [2.45, 2.75) is 37.5 Å². The Balaban J connectivity index is 1.56. The second-order valence-electron chi connectivity index (χ2n) is 7.46. The largest absolute Gasteiger partial charge is 0.368 e. The van der Waals surface area contributed by atoms with Gasteiger partial charge in [-0.15, -0.1) is 0 Å². The van der Waals surface area contributed by atoms with Crippen LogP contribution in [0.2, 0.25) is 0 Å². The molecule has 2 aromatic carbocycles. The number of amides is 1. The van der Waals surface area contributed by atoms with Crippen LogP contribution in [0.5, 0.6) is 0 Å². The summed E-state index contributed by atoms with van der Waals surface area (Å²) in [6.07, 6.45) is 2.04. The van der Waals surface area contributed by atoms with Crippen molar-refractivity contribution in [3.8, 4) is 0 Å². The molecule has 6 heteroatoms. The molecule has 0 bridgehead atoms. The summed E-state index contributed by atoms with van der Waals surface area (Å²) in [4.78, 5) is 25.7. The van der Waals surface area contributed by atoms with Gasteiger partial charge in [0.1, 0.15) is 24.8 Å². The van der Waals surface area contributed by atoms with E-state index < -0.39 is 6.10 Å². The van der Waals surface area contributed by atoms with Crippen LogP contribution in [0.3, 0.4) is 0 Å². The van der Waals surface area contributed by atoms with E-state index in [0.29, 0.717) is 26.0 Å². The van der Waals surface area contributed by atoms with E-state index in [0.717, 1.165) is 23.8 Å². The number of benzene rings is 2. The minimum absolute atomic E-state index is 0.0438. The molecule has 4 rings (SSSR count). The molecule has 0 saturated carbocycles. The van der Waals surface area contributed by atoms with Gasteiger partial charge in [0.05, 0.1) is 18.8 Å². The molecule has 1 saturated heterocycles. The van der Waals surface area contributed by atoms with Gasteiger partial charge >= 0.3 is 0 Å². The summed E-state index contributed by atoms with van der Waals surface area (Å²) in [6.45, 7) is 0.931. The minimum atomic E-state index is -0.528. The van der Waals surface area contributed by atoms with Crippen LogP contribution >= 0.6 is 0 Å². The average molecular weight is 397 g/mol. The maximum atomic E-state index is 13.5. The predicted octanol–water partition coefficient (Wildman–Crippen LogP) is 3.06. The van der Waals surface area contributed by atoms with Crippen molar-refractivity contribution in [3.63, 3.8) is 0 Å². The topological polar surface area (TPSA) is 55.8 Å². The molecule has 152 valence electrons. The van der Waals surface area contributed by atoms with Crippen LogP contribution in [0.15, 0.2) is 48.5 Å². The molecule has 1 amide bonds. The number of nitrogens with zero attached hydrogens (tertiary/aromatic N) is 1. The maximum absolute atomic E-state index is 13.5. The lowest BCUT2D eigenvalue weighted by Crippen LogP contribution is -2.48. The van der Waals surface area contributed by atoms with Gasteiger partial charge in [0.25, 0.3) is 5.91 Å². The molecular weight excluding hydrogens is 373 g/mol. The summed E-state index contributed by atoms with van der Waals surface area (Å²) in [5.74, 6) is -0.352. The lowest BCUT2D eigenvalue weighted by molar-refractivity contribution is -0.156. The van der Waals surface area contributed by atoms with Crippen LogP contribution in [0, 0.1) is 5.82 Å². The van der Waals surface area contributed by atoms with Crippen LogP contribution in [0.1, 0.15) is 35.6 Å². The molecular formula is C23H24FNO4. The Hall–Kier alpha value is -2.57. The highest BCUT2D eigenvalue weighted by Crippen LogP contribution is 2.36. The Bertz CT molecular complexity index is 861. The van der Waals surface area contributed by atoms with E-state index in [1.807, 2.05) is 23.1 Å². The SMILES string of the molecule is O=CCO[C@@H]1CC[C@H](C(=O)N2CCc3ccccc3[C@@H]2c2ccc(F)cc2)OC1. The van der Waals surface area contributed by atoms with Gasteiger partial charge in [-0.2, -0.15) is 0 Å². The fourth-order valence-corrected chi connectivity index (χ4v) is 4.22. The number of fused-ring (bicyclic) bond motifs is 1. The van der Waals surface area contributed by atoms with Crippen molar-refractivity contribution in [1.29, 1.82) is 0 Å². The monoisotopic (exact) mass is 397 g/mol. The molecule has 0 aliphatic carbocycles. The van der Waals surface area contributed by atoms with E-state index in [-0.39, 0.29) is 30.5 Å². The smallest absolute Gasteiger partial charge is 0.252 e. The maximum Gasteiger partial charge on any atom is 0.252 e. The number of carbonyl (C=O) groups is 2. The second kappa shape index (κ2) is 8.84. The number of halogens is 1. The second-order valence-corrected chi connectivity index (χ2v) is 7.46. The van der Waals surface area contributed by atoms with E-state index in [9.17, 15) is 14.0 Å². The molecule has 29 heavy (non-hydrogen) atoms. The number of aldehydes is 1. The Kier molecular flexibility index (Phi) is 6.02. The standard InChI is InChI=1S/C23H24FNO4/c24-18-7-5-17(6-8-18)22-20-4-2-1-3-16(20)11-12-25(22)23(27)21-10-9-19(15-29-21)28-14-13-26/h1-8,13,19,21-22H,9-12,14-15H2/t19-,21-,22+/m1/s1. The number of rotatable bonds is 5. The van der Waals surface area contributed by atoms with Crippen LogP contribution in [0.25, 0.3) is 0 Å². The minimum Gasteiger partial charge on any atom is -0.368 e. The first-order valence-electron chi connectivity index (χ1n) is 9.98. The van der Waals surface area contributed by atoms with Gasteiger partial charge in [-0.05, 0) is 48.1 Å².